The number of aromatic nitrogens is 1. The second-order valence-electron chi connectivity index (χ2n) is 7.76. The zero-order valence-corrected chi connectivity index (χ0v) is 18.8. The lowest BCUT2D eigenvalue weighted by atomic mass is 10.1. The number of carbonyl (C=O) groups excluding carboxylic acids is 2. The van der Waals surface area contributed by atoms with E-state index in [9.17, 15) is 18.0 Å². The predicted octanol–water partition coefficient (Wildman–Crippen LogP) is 2.12. The summed E-state index contributed by atoms with van der Waals surface area (Å²) >= 11 is 1.19. The number of hydrazone groups is 1. The number of sulfone groups is 1. The Morgan fingerprint density at radius 1 is 1.09 bits per heavy atom. The molecule has 0 spiro atoms. The summed E-state index contributed by atoms with van der Waals surface area (Å²) in [5, 5.41) is 2.75. The number of ether oxygens (including phenoxy) is 1. The molecule has 1 aliphatic heterocycles. The summed E-state index contributed by atoms with van der Waals surface area (Å²) in [5.74, 6) is -1.36. The van der Waals surface area contributed by atoms with Crippen molar-refractivity contribution in [2.24, 2.45) is 16.6 Å². The van der Waals surface area contributed by atoms with Crippen LogP contribution in [0.3, 0.4) is 0 Å². The van der Waals surface area contributed by atoms with Crippen LogP contribution in [0, 0.1) is 0 Å². The number of urea groups is 1. The van der Waals surface area contributed by atoms with Crippen LogP contribution in [0.25, 0.3) is 21.3 Å². The van der Waals surface area contributed by atoms with Gasteiger partial charge in [-0.2, -0.15) is 5.01 Å². The maximum atomic E-state index is 13.4. The third-order valence-electron chi connectivity index (χ3n) is 5.41. The molecule has 1 fully saturated rings. The number of amides is 3. The summed E-state index contributed by atoms with van der Waals surface area (Å²) in [6.45, 7) is 0. The molecule has 1 aromatic heterocycles. The minimum Gasteiger partial charge on any atom is -0.442 e. The van der Waals surface area contributed by atoms with Gasteiger partial charge in [0.15, 0.2) is 15.1 Å². The van der Waals surface area contributed by atoms with Crippen LogP contribution in [0.4, 0.5) is 4.79 Å². The van der Waals surface area contributed by atoms with Crippen LogP contribution in [-0.4, -0.2) is 47.7 Å². The standard InChI is InChI=1S/C21H19N5O5S2/c22-17(27)20-26(21(23)28)25-18(31-20)16(33(29,30)13-7-8-13)19-24-14-9-6-12(10-15(14)32-19)11-4-2-1-3-5-11/h1-6,9-10,13,16,20H,7-8H2,(H2,22,27)(H2,23,28). The van der Waals surface area contributed by atoms with E-state index in [2.05, 4.69) is 10.1 Å². The van der Waals surface area contributed by atoms with Gasteiger partial charge < -0.3 is 16.2 Å². The molecule has 12 heteroatoms. The Hall–Kier alpha value is -3.51. The van der Waals surface area contributed by atoms with Gasteiger partial charge in [-0.25, -0.2) is 18.2 Å². The minimum atomic E-state index is -3.81. The molecule has 33 heavy (non-hydrogen) atoms. The van der Waals surface area contributed by atoms with Gasteiger partial charge in [0.05, 0.1) is 15.5 Å². The van der Waals surface area contributed by atoms with Gasteiger partial charge in [0.2, 0.25) is 5.90 Å². The number of nitrogens with zero attached hydrogens (tertiary/aromatic N) is 3. The molecule has 3 aromatic rings. The number of fused-ring (bicyclic) bond motifs is 1. The van der Waals surface area contributed by atoms with E-state index in [4.69, 9.17) is 16.2 Å². The van der Waals surface area contributed by atoms with Crippen molar-refractivity contribution in [2.75, 3.05) is 0 Å². The van der Waals surface area contributed by atoms with Gasteiger partial charge in [0.25, 0.3) is 12.1 Å². The molecule has 1 aliphatic carbocycles. The number of thiazole rings is 1. The van der Waals surface area contributed by atoms with Gasteiger partial charge >= 0.3 is 6.03 Å². The summed E-state index contributed by atoms with van der Waals surface area (Å²) < 4.78 is 32.9. The first-order valence-corrected chi connectivity index (χ1v) is 12.5. The van der Waals surface area contributed by atoms with E-state index in [1.54, 1.807) is 0 Å². The minimum absolute atomic E-state index is 0.232. The van der Waals surface area contributed by atoms with Crippen LogP contribution in [0.15, 0.2) is 53.6 Å². The van der Waals surface area contributed by atoms with Crippen LogP contribution < -0.4 is 11.5 Å². The van der Waals surface area contributed by atoms with Gasteiger partial charge in [-0.1, -0.05) is 36.4 Å². The molecule has 2 heterocycles. The molecule has 5 rings (SSSR count). The normalized spacial score (nSPS) is 19.2. The monoisotopic (exact) mass is 485 g/mol. The first kappa shape index (κ1) is 21.3. The van der Waals surface area contributed by atoms with E-state index in [1.807, 2.05) is 48.5 Å². The van der Waals surface area contributed by atoms with Crippen LogP contribution in [0.1, 0.15) is 23.1 Å². The van der Waals surface area contributed by atoms with Gasteiger partial charge in [-0.3, -0.25) is 4.79 Å². The third-order valence-corrected chi connectivity index (χ3v) is 9.12. The Labute approximate surface area is 192 Å². The quantitative estimate of drug-likeness (QED) is 0.544. The number of benzene rings is 2. The molecule has 3 amide bonds. The van der Waals surface area contributed by atoms with Crippen molar-refractivity contribution < 1.29 is 22.7 Å². The molecule has 170 valence electrons. The second kappa shape index (κ2) is 7.81. The Morgan fingerprint density at radius 2 is 1.82 bits per heavy atom. The van der Waals surface area contributed by atoms with Crippen molar-refractivity contribution in [3.05, 3.63) is 53.5 Å². The Balaban J connectivity index is 1.60. The Bertz CT molecular complexity index is 1400. The topological polar surface area (TPSA) is 158 Å². The van der Waals surface area contributed by atoms with Gasteiger partial charge in [-0.15, -0.1) is 16.4 Å². The van der Waals surface area contributed by atoms with E-state index in [0.717, 1.165) is 15.8 Å². The molecule has 2 aromatic carbocycles. The summed E-state index contributed by atoms with van der Waals surface area (Å²) in [6, 6.07) is 14.3. The molecule has 0 radical (unpaired) electrons. The van der Waals surface area contributed by atoms with E-state index in [-0.39, 0.29) is 10.9 Å². The van der Waals surface area contributed by atoms with Gasteiger partial charge in [0, 0.05) is 0 Å². The molecule has 0 bridgehead atoms. The maximum Gasteiger partial charge on any atom is 0.339 e. The molecule has 2 unspecified atom stereocenters. The van der Waals surface area contributed by atoms with E-state index in [0.29, 0.717) is 23.4 Å². The van der Waals surface area contributed by atoms with Crippen molar-refractivity contribution in [2.45, 2.75) is 29.6 Å². The van der Waals surface area contributed by atoms with Gasteiger partial charge in [0.1, 0.15) is 5.01 Å². The molecule has 2 atom stereocenters. The predicted molar refractivity (Wildman–Crippen MR) is 123 cm³/mol. The number of hydrogen-bond acceptors (Lipinski definition) is 8. The number of carbonyl (C=O) groups is 2. The molecule has 1 saturated carbocycles. The number of hydrogen-bond donors (Lipinski definition) is 2. The van der Waals surface area contributed by atoms with E-state index in [1.165, 1.54) is 11.3 Å². The van der Waals surface area contributed by atoms with Crippen molar-refractivity contribution in [3.63, 3.8) is 0 Å². The molecule has 0 saturated heterocycles. The molecule has 4 N–H and O–H groups in total. The fraction of sp³-hybridized carbons (Fsp3) is 0.238. The summed E-state index contributed by atoms with van der Waals surface area (Å²) in [4.78, 5) is 28.0. The Morgan fingerprint density at radius 3 is 2.42 bits per heavy atom. The average molecular weight is 486 g/mol. The van der Waals surface area contributed by atoms with E-state index >= 15 is 0 Å². The summed E-state index contributed by atoms with van der Waals surface area (Å²) in [7, 11) is -3.81. The number of nitrogens with two attached hydrogens (primary N) is 2. The average Bonchev–Trinajstić information content (AvgIpc) is 3.43. The molecule has 2 aliphatic rings. The lowest BCUT2D eigenvalue weighted by molar-refractivity contribution is -0.129. The maximum absolute atomic E-state index is 13.4. The Kier molecular flexibility index (Phi) is 5.05. The molecule has 10 nitrogen and oxygen atoms in total. The fourth-order valence-corrected chi connectivity index (χ4v) is 7.07. The largest absolute Gasteiger partial charge is 0.442 e. The van der Waals surface area contributed by atoms with Crippen molar-refractivity contribution in [1.29, 1.82) is 0 Å². The zero-order valence-electron chi connectivity index (χ0n) is 17.1. The van der Waals surface area contributed by atoms with Crippen LogP contribution in [0.2, 0.25) is 0 Å². The smallest absolute Gasteiger partial charge is 0.339 e. The van der Waals surface area contributed by atoms with Gasteiger partial charge in [-0.05, 0) is 36.1 Å². The highest BCUT2D eigenvalue weighted by molar-refractivity contribution is 7.93. The SMILES string of the molecule is NC(=O)C1OC(C(c2nc3ccc(-c4ccccc4)cc3s2)S(=O)(=O)C2CC2)=NN1C(N)=O. The highest BCUT2D eigenvalue weighted by Gasteiger charge is 2.50. The third kappa shape index (κ3) is 3.80. The van der Waals surface area contributed by atoms with Crippen LogP contribution in [0.5, 0.6) is 0 Å². The number of rotatable bonds is 6. The highest BCUT2D eigenvalue weighted by atomic mass is 32.2. The summed E-state index contributed by atoms with van der Waals surface area (Å²) in [6.07, 6.45) is -0.601. The lowest BCUT2D eigenvalue weighted by Gasteiger charge is -2.16. The molecular formula is C21H19N5O5S2. The van der Waals surface area contributed by atoms with Crippen LogP contribution in [-0.2, 0) is 19.4 Å². The highest BCUT2D eigenvalue weighted by Crippen LogP contribution is 2.42. The van der Waals surface area contributed by atoms with Crippen molar-refractivity contribution in [3.8, 4) is 11.1 Å². The summed E-state index contributed by atoms with van der Waals surface area (Å²) in [5.41, 5.74) is 13.2. The fourth-order valence-electron chi connectivity index (χ4n) is 3.64. The zero-order chi connectivity index (χ0) is 23.3. The van der Waals surface area contributed by atoms with Crippen molar-refractivity contribution >= 4 is 49.2 Å². The molecular weight excluding hydrogens is 466 g/mol. The van der Waals surface area contributed by atoms with E-state index < -0.39 is 38.5 Å². The second-order valence-corrected chi connectivity index (χ2v) is 11.1. The van der Waals surface area contributed by atoms with Crippen molar-refractivity contribution in [1.82, 2.24) is 9.99 Å². The number of primary amides is 2. The lowest BCUT2D eigenvalue weighted by Crippen LogP contribution is -2.45. The van der Waals surface area contributed by atoms with Crippen LogP contribution >= 0.6 is 11.3 Å². The first-order valence-electron chi connectivity index (χ1n) is 10.1. The first-order chi connectivity index (χ1) is 15.8.